The van der Waals surface area contributed by atoms with E-state index in [-0.39, 0.29) is 17.1 Å². The first kappa shape index (κ1) is 11.2. The van der Waals surface area contributed by atoms with Crippen LogP contribution < -0.4 is 4.74 Å². The van der Waals surface area contributed by atoms with E-state index in [1.807, 2.05) is 0 Å². The molecule has 0 aliphatic carbocycles. The van der Waals surface area contributed by atoms with Gasteiger partial charge in [0.2, 0.25) is 0 Å². The van der Waals surface area contributed by atoms with Crippen LogP contribution in [0.1, 0.15) is 5.56 Å². The molecule has 0 fully saturated rings. The SMILES string of the molecule is N#Cc1ccc(O)cc1OCC(F)(F)F. The first-order valence-electron chi connectivity index (χ1n) is 3.85. The highest BCUT2D eigenvalue weighted by Gasteiger charge is 2.28. The Morgan fingerprint density at radius 2 is 2.07 bits per heavy atom. The molecule has 6 heteroatoms. The summed E-state index contributed by atoms with van der Waals surface area (Å²) in [5.74, 6) is -0.541. The van der Waals surface area contributed by atoms with Gasteiger partial charge in [-0.1, -0.05) is 0 Å². The van der Waals surface area contributed by atoms with Crippen LogP contribution in [0, 0.1) is 11.3 Å². The number of halogens is 3. The number of alkyl halides is 3. The van der Waals surface area contributed by atoms with Gasteiger partial charge in [0.1, 0.15) is 17.6 Å². The average molecular weight is 217 g/mol. The maximum atomic E-state index is 11.8. The topological polar surface area (TPSA) is 53.2 Å². The summed E-state index contributed by atoms with van der Waals surface area (Å²) in [5, 5.41) is 17.5. The van der Waals surface area contributed by atoms with Gasteiger partial charge in [-0.2, -0.15) is 18.4 Å². The maximum absolute atomic E-state index is 11.8. The zero-order valence-electron chi connectivity index (χ0n) is 7.38. The average Bonchev–Trinajstić information content (AvgIpc) is 2.14. The molecule has 0 amide bonds. The summed E-state index contributed by atoms with van der Waals surface area (Å²) in [4.78, 5) is 0. The Morgan fingerprint density at radius 3 is 2.60 bits per heavy atom. The van der Waals surface area contributed by atoms with E-state index in [0.29, 0.717) is 0 Å². The van der Waals surface area contributed by atoms with Crippen LogP contribution in [0.5, 0.6) is 11.5 Å². The molecule has 1 rings (SSSR count). The van der Waals surface area contributed by atoms with E-state index in [1.54, 1.807) is 6.07 Å². The largest absolute Gasteiger partial charge is 0.508 e. The minimum absolute atomic E-state index is 0.0583. The Kier molecular flexibility index (Phi) is 3.04. The van der Waals surface area contributed by atoms with Crippen LogP contribution in [0.15, 0.2) is 18.2 Å². The van der Waals surface area contributed by atoms with Crippen LogP contribution >= 0.6 is 0 Å². The molecule has 0 atom stereocenters. The quantitative estimate of drug-likeness (QED) is 0.826. The van der Waals surface area contributed by atoms with Crippen LogP contribution in [0.25, 0.3) is 0 Å². The van der Waals surface area contributed by atoms with Gasteiger partial charge < -0.3 is 9.84 Å². The number of aromatic hydroxyl groups is 1. The van der Waals surface area contributed by atoms with E-state index in [9.17, 15) is 13.2 Å². The molecule has 80 valence electrons. The van der Waals surface area contributed by atoms with Gasteiger partial charge in [-0.3, -0.25) is 0 Å². The van der Waals surface area contributed by atoms with Gasteiger partial charge in [-0.25, -0.2) is 0 Å². The van der Waals surface area contributed by atoms with E-state index in [0.717, 1.165) is 6.07 Å². The van der Waals surface area contributed by atoms with E-state index in [2.05, 4.69) is 4.74 Å². The van der Waals surface area contributed by atoms with Gasteiger partial charge in [-0.05, 0) is 12.1 Å². The molecule has 0 aliphatic heterocycles. The molecule has 0 heterocycles. The van der Waals surface area contributed by atoms with Crippen LogP contribution in [0.2, 0.25) is 0 Å². The Balaban J connectivity index is 2.85. The molecule has 0 saturated heterocycles. The number of phenols is 1. The fourth-order valence-electron chi connectivity index (χ4n) is 0.882. The van der Waals surface area contributed by atoms with Crippen molar-refractivity contribution in [2.24, 2.45) is 0 Å². The molecule has 15 heavy (non-hydrogen) atoms. The van der Waals surface area contributed by atoms with Crippen molar-refractivity contribution in [1.82, 2.24) is 0 Å². The summed E-state index contributed by atoms with van der Waals surface area (Å²) in [6, 6.07) is 4.99. The van der Waals surface area contributed by atoms with Crippen molar-refractivity contribution in [2.75, 3.05) is 6.61 Å². The molecule has 0 bridgehead atoms. The molecular weight excluding hydrogens is 211 g/mol. The molecule has 1 aromatic rings. The number of hydrogen-bond donors (Lipinski definition) is 1. The minimum Gasteiger partial charge on any atom is -0.508 e. The third-order valence-corrected chi connectivity index (χ3v) is 1.48. The van der Waals surface area contributed by atoms with E-state index in [4.69, 9.17) is 10.4 Å². The van der Waals surface area contributed by atoms with Crippen molar-refractivity contribution in [1.29, 1.82) is 5.26 Å². The monoisotopic (exact) mass is 217 g/mol. The molecule has 0 aliphatic rings. The Morgan fingerprint density at radius 1 is 1.40 bits per heavy atom. The predicted octanol–water partition coefficient (Wildman–Crippen LogP) is 2.20. The third-order valence-electron chi connectivity index (χ3n) is 1.48. The van der Waals surface area contributed by atoms with Crippen LogP contribution in [-0.4, -0.2) is 17.9 Å². The summed E-state index contributed by atoms with van der Waals surface area (Å²) < 4.78 is 39.8. The molecule has 1 aromatic carbocycles. The number of nitrogens with zero attached hydrogens (tertiary/aromatic N) is 1. The lowest BCUT2D eigenvalue weighted by Gasteiger charge is -2.10. The van der Waals surface area contributed by atoms with Crippen molar-refractivity contribution in [3.05, 3.63) is 23.8 Å². The highest BCUT2D eigenvalue weighted by Crippen LogP contribution is 2.25. The van der Waals surface area contributed by atoms with Crippen LogP contribution in [0.3, 0.4) is 0 Å². The number of hydrogen-bond acceptors (Lipinski definition) is 3. The normalized spacial score (nSPS) is 10.8. The first-order valence-corrected chi connectivity index (χ1v) is 3.85. The third kappa shape index (κ3) is 3.38. The lowest BCUT2D eigenvalue weighted by atomic mass is 10.2. The van der Waals surface area contributed by atoms with Gasteiger partial charge in [-0.15, -0.1) is 0 Å². The van der Waals surface area contributed by atoms with Crippen molar-refractivity contribution >= 4 is 0 Å². The number of phenolic OH excluding ortho intramolecular Hbond substituents is 1. The molecule has 1 N–H and O–H groups in total. The second-order valence-corrected chi connectivity index (χ2v) is 2.70. The summed E-state index contributed by atoms with van der Waals surface area (Å²) in [6.45, 7) is -1.49. The fourth-order valence-corrected chi connectivity index (χ4v) is 0.882. The summed E-state index contributed by atoms with van der Waals surface area (Å²) in [6.07, 6.45) is -4.47. The van der Waals surface area contributed by atoms with Gasteiger partial charge in [0.05, 0.1) is 5.56 Å². The molecule has 0 spiro atoms. The van der Waals surface area contributed by atoms with Gasteiger partial charge in [0, 0.05) is 6.07 Å². The Hall–Kier alpha value is -1.90. The number of nitriles is 1. The molecular formula is C9H6F3NO2. The summed E-state index contributed by atoms with van der Waals surface area (Å²) in [7, 11) is 0. The van der Waals surface area contributed by atoms with E-state index < -0.39 is 12.8 Å². The van der Waals surface area contributed by atoms with Gasteiger partial charge >= 0.3 is 6.18 Å². The lowest BCUT2D eigenvalue weighted by molar-refractivity contribution is -0.153. The van der Waals surface area contributed by atoms with Gasteiger partial charge in [0.25, 0.3) is 0 Å². The number of rotatable bonds is 2. The van der Waals surface area contributed by atoms with E-state index in [1.165, 1.54) is 12.1 Å². The second kappa shape index (κ2) is 4.09. The molecule has 3 nitrogen and oxygen atoms in total. The molecule has 0 saturated carbocycles. The van der Waals surface area contributed by atoms with E-state index >= 15 is 0 Å². The number of benzene rings is 1. The Bertz CT molecular complexity index is 395. The molecule has 0 aromatic heterocycles. The zero-order valence-corrected chi connectivity index (χ0v) is 7.38. The van der Waals surface area contributed by atoms with Crippen molar-refractivity contribution in [3.8, 4) is 17.6 Å². The predicted molar refractivity (Wildman–Crippen MR) is 44.4 cm³/mol. The van der Waals surface area contributed by atoms with Crippen LogP contribution in [0.4, 0.5) is 13.2 Å². The standard InChI is InChI=1S/C9H6F3NO2/c10-9(11,12)5-15-8-3-7(14)2-1-6(8)4-13/h1-3,14H,5H2. The Labute approximate surface area is 83.3 Å². The lowest BCUT2D eigenvalue weighted by Crippen LogP contribution is -2.19. The minimum atomic E-state index is -4.47. The number of ether oxygens (including phenoxy) is 1. The highest BCUT2D eigenvalue weighted by molar-refractivity contribution is 5.46. The van der Waals surface area contributed by atoms with Crippen molar-refractivity contribution in [2.45, 2.75) is 6.18 Å². The zero-order chi connectivity index (χ0) is 11.5. The van der Waals surface area contributed by atoms with Gasteiger partial charge in [0.15, 0.2) is 6.61 Å². The van der Waals surface area contributed by atoms with Crippen LogP contribution in [-0.2, 0) is 0 Å². The highest BCUT2D eigenvalue weighted by atomic mass is 19.4. The van der Waals surface area contributed by atoms with Crippen molar-refractivity contribution in [3.63, 3.8) is 0 Å². The first-order chi connectivity index (χ1) is 6.92. The second-order valence-electron chi connectivity index (χ2n) is 2.70. The summed E-state index contributed by atoms with van der Waals surface area (Å²) in [5.41, 5.74) is -0.0583. The smallest absolute Gasteiger partial charge is 0.422 e. The molecule has 0 radical (unpaired) electrons. The summed E-state index contributed by atoms with van der Waals surface area (Å²) >= 11 is 0. The maximum Gasteiger partial charge on any atom is 0.422 e. The fraction of sp³-hybridized carbons (Fsp3) is 0.222. The van der Waals surface area contributed by atoms with Crippen molar-refractivity contribution < 1.29 is 23.0 Å². The molecule has 0 unspecified atom stereocenters.